The monoisotopic (exact) mass is 665 g/mol. The van der Waals surface area contributed by atoms with Crippen molar-refractivity contribution in [1.82, 2.24) is 19.9 Å². The molecule has 5 aromatic carbocycles. The van der Waals surface area contributed by atoms with Crippen LogP contribution in [0.25, 0.3) is 88.6 Å². The summed E-state index contributed by atoms with van der Waals surface area (Å²) in [4.78, 5) is 29.5. The predicted molar refractivity (Wildman–Crippen MR) is 200 cm³/mol. The number of rotatable bonds is 6. The molecule has 0 bridgehead atoms. The molecule has 1 atom stereocenters. The van der Waals surface area contributed by atoms with E-state index in [0.717, 1.165) is 88.6 Å². The molecule has 1 unspecified atom stereocenters. The van der Waals surface area contributed by atoms with Gasteiger partial charge in [0.25, 0.3) is 0 Å². The van der Waals surface area contributed by atoms with Crippen molar-refractivity contribution in [3.63, 3.8) is 0 Å². The van der Waals surface area contributed by atoms with E-state index in [4.69, 9.17) is 29.4 Å². The second kappa shape index (κ2) is 12.2. The van der Waals surface area contributed by atoms with Crippen molar-refractivity contribution < 1.29 is 14.0 Å². The van der Waals surface area contributed by atoms with Crippen molar-refractivity contribution in [2.24, 2.45) is 0 Å². The van der Waals surface area contributed by atoms with E-state index in [1.807, 2.05) is 54.6 Å². The Morgan fingerprint density at radius 2 is 0.760 bits per heavy atom. The lowest BCUT2D eigenvalue weighted by molar-refractivity contribution is 0.410. The van der Waals surface area contributed by atoms with E-state index in [2.05, 4.69) is 84.9 Å². The summed E-state index contributed by atoms with van der Waals surface area (Å²) in [6.07, 6.45) is 0. The third-order valence-corrected chi connectivity index (χ3v) is 9.26. The normalized spacial score (nSPS) is 11.7. The van der Waals surface area contributed by atoms with Crippen LogP contribution in [0.2, 0.25) is 0 Å². The fourth-order valence-corrected chi connectivity index (χ4v) is 6.70. The van der Waals surface area contributed by atoms with E-state index in [9.17, 15) is 4.57 Å². The highest BCUT2D eigenvalue weighted by molar-refractivity contribution is 7.32. The molecule has 0 saturated heterocycles. The van der Waals surface area contributed by atoms with Crippen LogP contribution in [-0.4, -0.2) is 24.8 Å². The lowest BCUT2D eigenvalue weighted by atomic mass is 10.0. The zero-order chi connectivity index (χ0) is 33.6. The average molecular weight is 666 g/mol. The van der Waals surface area contributed by atoms with Crippen LogP contribution < -0.4 is 4.52 Å². The predicted octanol–water partition coefficient (Wildman–Crippen LogP) is 10.6. The first kappa shape index (κ1) is 29.7. The van der Waals surface area contributed by atoms with Gasteiger partial charge in [0.1, 0.15) is 0 Å². The third kappa shape index (κ3) is 5.51. The van der Waals surface area contributed by atoms with Gasteiger partial charge >= 0.3 is 8.25 Å². The molecule has 0 saturated carbocycles. The van der Waals surface area contributed by atoms with Crippen molar-refractivity contribution in [3.05, 3.63) is 152 Å². The summed E-state index contributed by atoms with van der Waals surface area (Å²) in [5.41, 5.74) is 10.6. The van der Waals surface area contributed by atoms with E-state index in [1.54, 1.807) is 12.1 Å². The maximum atomic E-state index is 11.1. The van der Waals surface area contributed by atoms with Crippen molar-refractivity contribution >= 4 is 51.9 Å². The maximum Gasteiger partial charge on any atom is 0.747 e. The summed E-state index contributed by atoms with van der Waals surface area (Å²) in [6, 6.07) is 50.2. The van der Waals surface area contributed by atoms with Crippen molar-refractivity contribution in [2.45, 2.75) is 0 Å². The topological polar surface area (TPSA) is 98.1 Å². The van der Waals surface area contributed by atoms with Crippen LogP contribution in [0.5, 0.6) is 5.75 Å². The Kier molecular flexibility index (Phi) is 7.28. The highest BCUT2D eigenvalue weighted by Crippen LogP contribution is 2.33. The van der Waals surface area contributed by atoms with E-state index >= 15 is 0 Å². The van der Waals surface area contributed by atoms with Gasteiger partial charge in [-0.05, 0) is 54.6 Å². The molecule has 1 N–H and O–H groups in total. The first-order valence-corrected chi connectivity index (χ1v) is 17.2. The maximum absolute atomic E-state index is 11.1. The third-order valence-electron chi connectivity index (χ3n) is 8.90. The summed E-state index contributed by atoms with van der Waals surface area (Å²) < 4.78 is 16.0. The Morgan fingerprint density at radius 3 is 1.18 bits per heavy atom. The number of fused-ring (bicyclic) bond motifs is 6. The molecule has 4 aromatic heterocycles. The van der Waals surface area contributed by atoms with Gasteiger partial charge in [-0.3, -0.25) is 0 Å². The molecular formula is C42H26N4O3P+. The molecule has 9 aromatic rings. The van der Waals surface area contributed by atoms with E-state index in [1.165, 1.54) is 0 Å². The standard InChI is InChI=1S/C42H25N4O3P/c47-50(48)49-34-19-13-27(14-20-34)36-22-16-29-10-12-31-18-24-38(46-42(31)40(29)44-36)33-8-4-7-32(25-33)37-23-17-30-11-9-28-15-21-35(26-5-2-1-3-6-26)43-39(28)41(30)45-37/h1-25H/p+1. The number of aromatic nitrogens is 4. The molecule has 50 heavy (non-hydrogen) atoms. The SMILES string of the molecule is O=[P+](O)Oc1ccc(-c2ccc3ccc4ccc(-c5cccc(-c6ccc7ccc8ccc(-c9ccccc9)nc8c7n6)c5)nc4c3n2)cc1. The highest BCUT2D eigenvalue weighted by atomic mass is 31.1. The number of pyridine rings is 4. The molecule has 0 aliphatic heterocycles. The van der Waals surface area contributed by atoms with Crippen molar-refractivity contribution in [1.29, 1.82) is 0 Å². The Hall–Kier alpha value is -6.40. The van der Waals surface area contributed by atoms with Crippen LogP contribution in [0.3, 0.4) is 0 Å². The minimum Gasteiger partial charge on any atom is -0.245 e. The van der Waals surface area contributed by atoms with Crippen LogP contribution in [0.15, 0.2) is 152 Å². The minimum absolute atomic E-state index is 0.318. The number of hydrogen-bond donors (Lipinski definition) is 1. The number of nitrogens with zero attached hydrogens (tertiary/aromatic N) is 4. The summed E-state index contributed by atoms with van der Waals surface area (Å²) in [7, 11) is -2.72. The first-order chi connectivity index (χ1) is 24.6. The van der Waals surface area contributed by atoms with Crippen LogP contribution in [0.4, 0.5) is 0 Å². The van der Waals surface area contributed by atoms with E-state index in [-0.39, 0.29) is 0 Å². The lowest BCUT2D eigenvalue weighted by Crippen LogP contribution is -1.92. The number of benzene rings is 5. The van der Waals surface area contributed by atoms with Gasteiger partial charge in [-0.25, -0.2) is 24.5 Å². The van der Waals surface area contributed by atoms with Crippen LogP contribution in [0, 0.1) is 0 Å². The van der Waals surface area contributed by atoms with Crippen LogP contribution >= 0.6 is 8.25 Å². The minimum atomic E-state index is -2.72. The molecule has 0 radical (unpaired) electrons. The zero-order valence-electron chi connectivity index (χ0n) is 26.4. The van der Waals surface area contributed by atoms with Gasteiger partial charge in [-0.1, -0.05) is 97.1 Å². The fraction of sp³-hybridized carbons (Fsp3) is 0. The van der Waals surface area contributed by atoms with Crippen LogP contribution in [0.1, 0.15) is 0 Å². The molecule has 236 valence electrons. The summed E-state index contributed by atoms with van der Waals surface area (Å²) in [6.45, 7) is 0. The van der Waals surface area contributed by atoms with Gasteiger partial charge in [0, 0.05) is 48.4 Å². The molecule has 0 fully saturated rings. The molecule has 0 amide bonds. The highest BCUT2D eigenvalue weighted by Gasteiger charge is 2.15. The molecular weight excluding hydrogens is 639 g/mol. The van der Waals surface area contributed by atoms with Gasteiger partial charge in [0.05, 0.1) is 44.8 Å². The van der Waals surface area contributed by atoms with Crippen molar-refractivity contribution in [2.75, 3.05) is 0 Å². The lowest BCUT2D eigenvalue weighted by Gasteiger charge is -2.10. The second-order valence-corrected chi connectivity index (χ2v) is 12.7. The molecule has 0 aliphatic rings. The molecule has 0 aliphatic carbocycles. The largest absolute Gasteiger partial charge is 0.747 e. The van der Waals surface area contributed by atoms with E-state index < -0.39 is 8.25 Å². The first-order valence-electron chi connectivity index (χ1n) is 16.1. The molecule has 8 heteroatoms. The van der Waals surface area contributed by atoms with Crippen molar-refractivity contribution in [3.8, 4) is 50.8 Å². The Morgan fingerprint density at radius 1 is 0.400 bits per heavy atom. The second-order valence-electron chi connectivity index (χ2n) is 12.0. The summed E-state index contributed by atoms with van der Waals surface area (Å²) in [5.74, 6) is 0.318. The fourth-order valence-electron chi connectivity index (χ4n) is 6.40. The Labute approximate surface area is 287 Å². The van der Waals surface area contributed by atoms with Gasteiger partial charge < -0.3 is 0 Å². The zero-order valence-corrected chi connectivity index (χ0v) is 27.3. The summed E-state index contributed by atoms with van der Waals surface area (Å²) >= 11 is 0. The van der Waals surface area contributed by atoms with Gasteiger partial charge in [0.15, 0.2) is 5.75 Å². The summed E-state index contributed by atoms with van der Waals surface area (Å²) in [5, 5.41) is 4.05. The number of hydrogen-bond acceptors (Lipinski definition) is 6. The van der Waals surface area contributed by atoms with Crippen LogP contribution in [-0.2, 0) is 4.57 Å². The molecule has 0 spiro atoms. The Balaban J connectivity index is 1.11. The van der Waals surface area contributed by atoms with E-state index in [0.29, 0.717) is 5.75 Å². The van der Waals surface area contributed by atoms with Gasteiger partial charge in [0.2, 0.25) is 0 Å². The molecule has 7 nitrogen and oxygen atoms in total. The molecule has 9 rings (SSSR count). The smallest absolute Gasteiger partial charge is 0.245 e. The Bertz CT molecular complexity index is 2770. The average Bonchev–Trinajstić information content (AvgIpc) is 3.17. The van der Waals surface area contributed by atoms with Gasteiger partial charge in [-0.2, -0.15) is 0 Å². The molecule has 4 heterocycles. The van der Waals surface area contributed by atoms with Gasteiger partial charge in [-0.15, -0.1) is 4.89 Å². The quantitative estimate of drug-likeness (QED) is 0.139.